The number of aliphatic hydroxyl groups is 1. The number of nitrogens with zero attached hydrogens (tertiary/aromatic N) is 3. The minimum Gasteiger partial charge on any atom is -0.491 e. The Labute approximate surface area is 231 Å². The van der Waals surface area contributed by atoms with Crippen LogP contribution in [0.3, 0.4) is 0 Å². The van der Waals surface area contributed by atoms with Gasteiger partial charge in [0.05, 0.1) is 16.1 Å². The molecule has 1 aliphatic carbocycles. The average molecular weight is 583 g/mol. The molecule has 0 spiro atoms. The van der Waals surface area contributed by atoms with Crippen LogP contribution in [0, 0.1) is 5.82 Å². The average Bonchev–Trinajstić information content (AvgIpc) is 3.75. The Kier molecular flexibility index (Phi) is 8.05. The molecule has 2 N–H and O–H groups in total. The molecule has 1 saturated carbocycles. The molecule has 5 rings (SSSR count). The summed E-state index contributed by atoms with van der Waals surface area (Å²) < 4.78 is 59.4. The van der Waals surface area contributed by atoms with Gasteiger partial charge in [0, 0.05) is 50.3 Å². The Morgan fingerprint density at radius 1 is 1.12 bits per heavy atom. The lowest BCUT2D eigenvalue weighted by molar-refractivity contribution is -0.137. The molecule has 3 aromatic rings. The van der Waals surface area contributed by atoms with Gasteiger partial charge in [0.25, 0.3) is 5.91 Å². The molecule has 2 heterocycles. The van der Waals surface area contributed by atoms with E-state index >= 15 is 0 Å². The molecular formula is C27H27ClF4N4O4. The summed E-state index contributed by atoms with van der Waals surface area (Å²) in [5, 5.41) is 12.0. The number of aromatic nitrogens is 1. The Hall–Kier alpha value is -3.19. The monoisotopic (exact) mass is 582 g/mol. The van der Waals surface area contributed by atoms with Gasteiger partial charge in [-0.05, 0) is 49.2 Å². The lowest BCUT2D eigenvalue weighted by Gasteiger charge is -2.35. The Bertz CT molecular complexity index is 1450. The Morgan fingerprint density at radius 2 is 1.80 bits per heavy atom. The first kappa shape index (κ1) is 28.3. The third-order valence-corrected chi connectivity index (χ3v) is 7.27. The number of nitrogens with one attached hydrogen (secondary N) is 1. The van der Waals surface area contributed by atoms with E-state index in [9.17, 15) is 32.3 Å². The van der Waals surface area contributed by atoms with Crippen molar-refractivity contribution in [3.63, 3.8) is 0 Å². The number of halogens is 5. The zero-order valence-corrected chi connectivity index (χ0v) is 22.0. The fourth-order valence-corrected chi connectivity index (χ4v) is 4.85. The van der Waals surface area contributed by atoms with Gasteiger partial charge >= 0.3 is 6.18 Å². The van der Waals surface area contributed by atoms with Gasteiger partial charge in [0.2, 0.25) is 5.43 Å². The summed E-state index contributed by atoms with van der Waals surface area (Å²) in [6, 6.07) is 6.85. The number of amides is 1. The molecule has 2 fully saturated rings. The standard InChI is InChI=1S/C27H27ClF4N4O4/c28-22-12-24-20(11-23(22)29)25(38)21(14-36(24)17-3-4-17)26(39)33-35-9-7-34(8-10-35)13-18(37)15-40-19-5-1-16(2-6-19)27(30,31)32/h1-2,5-6,11-12,14,17-18,37H,3-4,7-10,13,15H2,(H,33,39). The summed E-state index contributed by atoms with van der Waals surface area (Å²) in [7, 11) is 0. The zero-order valence-electron chi connectivity index (χ0n) is 21.3. The maximum absolute atomic E-state index is 14.1. The molecule has 8 nitrogen and oxygen atoms in total. The van der Waals surface area contributed by atoms with E-state index in [4.69, 9.17) is 16.3 Å². The van der Waals surface area contributed by atoms with E-state index in [0.29, 0.717) is 31.7 Å². The zero-order chi connectivity index (χ0) is 28.6. The second-order valence-electron chi connectivity index (χ2n) is 10.0. The van der Waals surface area contributed by atoms with Crippen LogP contribution >= 0.6 is 11.6 Å². The van der Waals surface area contributed by atoms with Crippen molar-refractivity contribution in [2.45, 2.75) is 31.2 Å². The highest BCUT2D eigenvalue weighted by molar-refractivity contribution is 6.31. The summed E-state index contributed by atoms with van der Waals surface area (Å²) in [5.41, 5.74) is 1.81. The van der Waals surface area contributed by atoms with Gasteiger partial charge in [-0.2, -0.15) is 13.2 Å². The van der Waals surface area contributed by atoms with Gasteiger partial charge in [-0.1, -0.05) is 11.6 Å². The highest BCUT2D eigenvalue weighted by Gasteiger charge is 2.30. The second-order valence-corrected chi connectivity index (χ2v) is 10.4. The molecule has 2 aliphatic rings. The maximum Gasteiger partial charge on any atom is 0.416 e. The minimum atomic E-state index is -4.43. The van der Waals surface area contributed by atoms with E-state index in [1.807, 2.05) is 9.47 Å². The van der Waals surface area contributed by atoms with Crippen molar-refractivity contribution in [2.75, 3.05) is 39.3 Å². The van der Waals surface area contributed by atoms with Crippen molar-refractivity contribution in [2.24, 2.45) is 0 Å². The van der Waals surface area contributed by atoms with E-state index in [-0.39, 0.29) is 40.9 Å². The Balaban J connectivity index is 1.14. The van der Waals surface area contributed by atoms with Crippen molar-refractivity contribution < 1.29 is 32.2 Å². The molecule has 214 valence electrons. The number of β-amino-alcohol motifs (C(OH)–C–C–N with tert-alkyl or cyclic N) is 1. The maximum atomic E-state index is 14.1. The molecule has 40 heavy (non-hydrogen) atoms. The van der Waals surface area contributed by atoms with Crippen molar-refractivity contribution >= 4 is 28.4 Å². The van der Waals surface area contributed by atoms with Gasteiger partial charge in [-0.25, -0.2) is 9.40 Å². The molecule has 2 aromatic carbocycles. The van der Waals surface area contributed by atoms with Crippen molar-refractivity contribution in [3.8, 4) is 5.75 Å². The van der Waals surface area contributed by atoms with Crippen molar-refractivity contribution in [1.29, 1.82) is 0 Å². The summed E-state index contributed by atoms with van der Waals surface area (Å²) in [4.78, 5) is 28.1. The highest BCUT2D eigenvalue weighted by Crippen LogP contribution is 2.37. The number of piperazine rings is 1. The number of carbonyl (C=O) groups excluding carboxylic acids is 1. The van der Waals surface area contributed by atoms with Gasteiger partial charge in [0.1, 0.15) is 29.8 Å². The van der Waals surface area contributed by atoms with Crippen LogP contribution in [0.2, 0.25) is 5.02 Å². The number of hydrazine groups is 1. The molecule has 0 bridgehead atoms. The molecular weight excluding hydrogens is 556 g/mol. The minimum absolute atomic E-state index is 0.0839. The summed E-state index contributed by atoms with van der Waals surface area (Å²) in [6.07, 6.45) is -2.03. The van der Waals surface area contributed by atoms with E-state index in [1.54, 1.807) is 5.01 Å². The predicted molar refractivity (Wildman–Crippen MR) is 140 cm³/mol. The number of aliphatic hydroxyl groups excluding tert-OH is 1. The quantitative estimate of drug-likeness (QED) is 0.393. The first-order valence-electron chi connectivity index (χ1n) is 12.8. The number of hydrogen-bond donors (Lipinski definition) is 2. The van der Waals surface area contributed by atoms with Gasteiger partial charge in [-0.15, -0.1) is 0 Å². The lowest BCUT2D eigenvalue weighted by atomic mass is 10.1. The number of hydrogen-bond acceptors (Lipinski definition) is 6. The topological polar surface area (TPSA) is 87.0 Å². The van der Waals surface area contributed by atoms with Crippen LogP contribution in [-0.2, 0) is 6.18 Å². The number of fused-ring (bicyclic) bond motifs is 1. The Morgan fingerprint density at radius 3 is 2.42 bits per heavy atom. The van der Waals surface area contributed by atoms with Gasteiger partial charge in [0.15, 0.2) is 0 Å². The lowest BCUT2D eigenvalue weighted by Crippen LogP contribution is -2.55. The van der Waals surface area contributed by atoms with Crippen LogP contribution in [0.1, 0.15) is 34.8 Å². The van der Waals surface area contributed by atoms with E-state index in [2.05, 4.69) is 5.43 Å². The number of pyridine rings is 1. The van der Waals surface area contributed by atoms with Crippen molar-refractivity contribution in [1.82, 2.24) is 19.9 Å². The van der Waals surface area contributed by atoms with Crippen LogP contribution in [0.4, 0.5) is 17.6 Å². The summed E-state index contributed by atoms with van der Waals surface area (Å²) in [6.45, 7) is 2.03. The second kappa shape index (κ2) is 11.4. The van der Waals surface area contributed by atoms with Crippen molar-refractivity contribution in [3.05, 3.63) is 74.8 Å². The molecule has 1 aliphatic heterocycles. The van der Waals surface area contributed by atoms with Gasteiger partial charge in [-0.3, -0.25) is 19.9 Å². The van der Waals surface area contributed by atoms with E-state index in [1.165, 1.54) is 24.4 Å². The number of rotatable bonds is 8. The molecule has 1 unspecified atom stereocenters. The third kappa shape index (κ3) is 6.41. The van der Waals surface area contributed by atoms with E-state index < -0.39 is 35.0 Å². The first-order chi connectivity index (χ1) is 19.0. The fraction of sp³-hybridized carbons (Fsp3) is 0.407. The van der Waals surface area contributed by atoms with Gasteiger partial charge < -0.3 is 14.4 Å². The number of benzene rings is 2. The molecule has 0 radical (unpaired) electrons. The van der Waals surface area contributed by atoms with E-state index in [0.717, 1.165) is 31.0 Å². The summed E-state index contributed by atoms with van der Waals surface area (Å²) >= 11 is 5.94. The van der Waals surface area contributed by atoms with Crippen LogP contribution in [0.25, 0.3) is 10.9 Å². The molecule has 1 saturated heterocycles. The van der Waals surface area contributed by atoms with Crippen LogP contribution in [0.15, 0.2) is 47.4 Å². The van der Waals surface area contributed by atoms with Crippen LogP contribution in [-0.4, -0.2) is 70.9 Å². The molecule has 1 aromatic heterocycles. The first-order valence-corrected chi connectivity index (χ1v) is 13.2. The third-order valence-electron chi connectivity index (χ3n) is 6.98. The number of alkyl halides is 3. The molecule has 13 heteroatoms. The smallest absolute Gasteiger partial charge is 0.416 e. The SMILES string of the molecule is O=C(NN1CCN(CC(O)COc2ccc(C(F)(F)F)cc2)CC1)c1cn(C2CC2)c2cc(Cl)c(F)cc2c1=O. The predicted octanol–water partition coefficient (Wildman–Crippen LogP) is 3.85. The molecule has 1 atom stereocenters. The normalized spacial score (nSPS) is 17.6. The highest BCUT2D eigenvalue weighted by atomic mass is 35.5. The number of carbonyl (C=O) groups is 1. The fourth-order valence-electron chi connectivity index (χ4n) is 4.69. The largest absolute Gasteiger partial charge is 0.491 e. The summed E-state index contributed by atoms with van der Waals surface area (Å²) in [5.74, 6) is -1.09. The number of ether oxygens (including phenoxy) is 1. The van der Waals surface area contributed by atoms with Crippen LogP contribution < -0.4 is 15.6 Å². The molecule has 1 amide bonds. The van der Waals surface area contributed by atoms with Crippen LogP contribution in [0.5, 0.6) is 5.75 Å².